The first-order valence-electron chi connectivity index (χ1n) is 8.73. The third-order valence-electron chi connectivity index (χ3n) is 4.20. The Morgan fingerprint density at radius 1 is 0.800 bits per heavy atom. The van der Waals surface area contributed by atoms with Gasteiger partial charge in [0.05, 0.1) is 0 Å². The molecule has 1 rings (SSSR count). The number of allylic oxidation sites excluding steroid dienone is 4. The van der Waals surface area contributed by atoms with Gasteiger partial charge in [0.2, 0.25) is 0 Å². The number of hydrogen-bond donors (Lipinski definition) is 0. The van der Waals surface area contributed by atoms with E-state index in [1.54, 1.807) is 6.08 Å². The Labute approximate surface area is 125 Å². The van der Waals surface area contributed by atoms with Gasteiger partial charge in [0, 0.05) is 5.92 Å². The van der Waals surface area contributed by atoms with Crippen LogP contribution < -0.4 is 0 Å². The molecule has 20 heavy (non-hydrogen) atoms. The normalized spacial score (nSPS) is 17.9. The van der Waals surface area contributed by atoms with Gasteiger partial charge in [-0.25, -0.2) is 0 Å². The second-order valence-electron chi connectivity index (χ2n) is 6.08. The molecule has 0 aromatic heterocycles. The first-order valence-corrected chi connectivity index (χ1v) is 8.73. The van der Waals surface area contributed by atoms with Gasteiger partial charge < -0.3 is 0 Å². The molecule has 1 aliphatic rings. The Morgan fingerprint density at radius 3 is 1.90 bits per heavy atom. The summed E-state index contributed by atoms with van der Waals surface area (Å²) in [5.41, 5.74) is 0. The van der Waals surface area contributed by atoms with E-state index >= 15 is 0 Å². The number of carbonyl (C=O) groups is 1. The molecule has 0 spiro atoms. The molecule has 0 saturated carbocycles. The maximum atomic E-state index is 11.6. The predicted molar refractivity (Wildman–Crippen MR) is 87.9 cm³/mol. The Bertz CT molecular complexity index is 301. The van der Waals surface area contributed by atoms with Gasteiger partial charge >= 0.3 is 0 Å². The highest BCUT2D eigenvalue weighted by Crippen LogP contribution is 2.17. The smallest absolute Gasteiger partial charge is 0.162 e. The highest BCUT2D eigenvalue weighted by atomic mass is 16.1. The molecule has 1 heteroatoms. The van der Waals surface area contributed by atoms with E-state index in [2.05, 4.69) is 13.0 Å². The van der Waals surface area contributed by atoms with Crippen molar-refractivity contribution >= 4 is 5.78 Å². The highest BCUT2D eigenvalue weighted by molar-refractivity contribution is 5.94. The fourth-order valence-electron chi connectivity index (χ4n) is 2.83. The number of ketones is 1. The molecular weight excluding hydrogens is 244 g/mol. The van der Waals surface area contributed by atoms with Crippen molar-refractivity contribution in [3.8, 4) is 0 Å². The number of rotatable bonds is 12. The predicted octanol–water partition coefficient (Wildman–Crippen LogP) is 6.00. The van der Waals surface area contributed by atoms with Crippen molar-refractivity contribution in [2.75, 3.05) is 0 Å². The second kappa shape index (κ2) is 11.9. The van der Waals surface area contributed by atoms with Crippen molar-refractivity contribution in [3.63, 3.8) is 0 Å². The van der Waals surface area contributed by atoms with E-state index in [-0.39, 0.29) is 5.92 Å². The van der Waals surface area contributed by atoms with E-state index in [9.17, 15) is 4.79 Å². The lowest BCUT2D eigenvalue weighted by Gasteiger charge is -2.11. The zero-order valence-corrected chi connectivity index (χ0v) is 13.3. The van der Waals surface area contributed by atoms with E-state index in [0.29, 0.717) is 5.78 Å². The summed E-state index contributed by atoms with van der Waals surface area (Å²) in [5, 5.41) is 0. The molecule has 0 saturated heterocycles. The fourth-order valence-corrected chi connectivity index (χ4v) is 2.83. The molecule has 0 aromatic rings. The summed E-state index contributed by atoms with van der Waals surface area (Å²) in [7, 11) is 0. The summed E-state index contributed by atoms with van der Waals surface area (Å²) < 4.78 is 0. The van der Waals surface area contributed by atoms with Crippen LogP contribution in [-0.2, 0) is 4.79 Å². The molecule has 0 amide bonds. The quantitative estimate of drug-likeness (QED) is 0.400. The summed E-state index contributed by atoms with van der Waals surface area (Å²) >= 11 is 0. The van der Waals surface area contributed by atoms with Crippen molar-refractivity contribution in [3.05, 3.63) is 24.3 Å². The van der Waals surface area contributed by atoms with E-state index in [1.807, 2.05) is 12.2 Å². The van der Waals surface area contributed by atoms with Crippen LogP contribution in [0.1, 0.15) is 84.0 Å². The summed E-state index contributed by atoms with van der Waals surface area (Å²) in [6.45, 7) is 2.27. The number of carbonyl (C=O) groups excluding carboxylic acids is 1. The molecular formula is C19H32O. The van der Waals surface area contributed by atoms with Gasteiger partial charge in [0.25, 0.3) is 0 Å². The van der Waals surface area contributed by atoms with Crippen molar-refractivity contribution in [2.24, 2.45) is 5.92 Å². The van der Waals surface area contributed by atoms with Crippen LogP contribution in [0.15, 0.2) is 24.3 Å². The minimum atomic E-state index is 0.165. The Morgan fingerprint density at radius 2 is 1.35 bits per heavy atom. The van der Waals surface area contributed by atoms with Gasteiger partial charge in [0.15, 0.2) is 5.78 Å². The molecule has 0 heterocycles. The average molecular weight is 276 g/mol. The van der Waals surface area contributed by atoms with E-state index in [4.69, 9.17) is 0 Å². The molecule has 0 radical (unpaired) electrons. The Kier molecular flexibility index (Phi) is 10.3. The van der Waals surface area contributed by atoms with Gasteiger partial charge in [-0.1, -0.05) is 95.8 Å². The van der Waals surface area contributed by atoms with Crippen LogP contribution in [-0.4, -0.2) is 5.78 Å². The SMILES string of the molecule is CCCCCCCCCCCCCC1C=CC=CC1=O. The zero-order valence-electron chi connectivity index (χ0n) is 13.3. The standard InChI is InChI=1S/C19H32O/c1-2-3-4-5-6-7-8-9-10-11-12-15-18-16-13-14-17-19(18)20/h13-14,16-18H,2-12,15H2,1H3. The molecule has 0 fully saturated rings. The van der Waals surface area contributed by atoms with Crippen LogP contribution in [0, 0.1) is 5.92 Å². The van der Waals surface area contributed by atoms with Gasteiger partial charge in [-0.2, -0.15) is 0 Å². The molecule has 1 aliphatic carbocycles. The van der Waals surface area contributed by atoms with Crippen molar-refractivity contribution in [2.45, 2.75) is 84.0 Å². The molecule has 0 N–H and O–H groups in total. The van der Waals surface area contributed by atoms with E-state index in [0.717, 1.165) is 6.42 Å². The lowest BCUT2D eigenvalue weighted by atomic mass is 9.93. The first-order chi connectivity index (χ1) is 9.84. The van der Waals surface area contributed by atoms with Gasteiger partial charge in [-0.3, -0.25) is 4.79 Å². The summed E-state index contributed by atoms with van der Waals surface area (Å²) in [6.07, 6.45) is 23.7. The molecule has 1 nitrogen and oxygen atoms in total. The largest absolute Gasteiger partial charge is 0.294 e. The third-order valence-corrected chi connectivity index (χ3v) is 4.20. The average Bonchev–Trinajstić information content (AvgIpc) is 2.46. The molecule has 0 aromatic carbocycles. The maximum absolute atomic E-state index is 11.6. The lowest BCUT2D eigenvalue weighted by Crippen LogP contribution is -2.11. The highest BCUT2D eigenvalue weighted by Gasteiger charge is 2.13. The zero-order chi connectivity index (χ0) is 14.5. The van der Waals surface area contributed by atoms with E-state index < -0.39 is 0 Å². The van der Waals surface area contributed by atoms with Crippen molar-refractivity contribution < 1.29 is 4.79 Å². The summed E-state index contributed by atoms with van der Waals surface area (Å²) in [5.74, 6) is 0.457. The van der Waals surface area contributed by atoms with Crippen LogP contribution in [0.2, 0.25) is 0 Å². The first kappa shape index (κ1) is 17.2. The summed E-state index contributed by atoms with van der Waals surface area (Å²) in [4.78, 5) is 11.6. The minimum absolute atomic E-state index is 0.165. The van der Waals surface area contributed by atoms with Crippen LogP contribution >= 0.6 is 0 Å². The van der Waals surface area contributed by atoms with Crippen molar-refractivity contribution in [1.82, 2.24) is 0 Å². The van der Waals surface area contributed by atoms with Gasteiger partial charge in [0.1, 0.15) is 0 Å². The Hall–Kier alpha value is -0.850. The summed E-state index contributed by atoms with van der Waals surface area (Å²) in [6, 6.07) is 0. The monoisotopic (exact) mass is 276 g/mol. The van der Waals surface area contributed by atoms with Crippen LogP contribution in [0.4, 0.5) is 0 Å². The fraction of sp³-hybridized carbons (Fsp3) is 0.737. The van der Waals surface area contributed by atoms with Gasteiger partial charge in [-0.15, -0.1) is 0 Å². The van der Waals surface area contributed by atoms with Crippen molar-refractivity contribution in [1.29, 1.82) is 0 Å². The number of unbranched alkanes of at least 4 members (excludes halogenated alkanes) is 10. The van der Waals surface area contributed by atoms with Crippen LogP contribution in [0.3, 0.4) is 0 Å². The maximum Gasteiger partial charge on any atom is 0.162 e. The lowest BCUT2D eigenvalue weighted by molar-refractivity contribution is -0.117. The van der Waals surface area contributed by atoms with Crippen LogP contribution in [0.5, 0.6) is 0 Å². The minimum Gasteiger partial charge on any atom is -0.294 e. The van der Waals surface area contributed by atoms with E-state index in [1.165, 1.54) is 70.6 Å². The topological polar surface area (TPSA) is 17.1 Å². The number of hydrogen-bond acceptors (Lipinski definition) is 1. The third kappa shape index (κ3) is 8.35. The van der Waals surface area contributed by atoms with Gasteiger partial charge in [-0.05, 0) is 12.5 Å². The molecule has 0 aliphatic heterocycles. The molecule has 1 unspecified atom stereocenters. The molecule has 0 bridgehead atoms. The Balaban J connectivity index is 1.82. The second-order valence-corrected chi connectivity index (χ2v) is 6.08. The molecule has 1 atom stereocenters. The molecule has 114 valence electrons. The van der Waals surface area contributed by atoms with Crippen LogP contribution in [0.25, 0.3) is 0 Å².